The van der Waals surface area contributed by atoms with Gasteiger partial charge in [-0.3, -0.25) is 0 Å². The Hall–Kier alpha value is -0.900. The first-order valence-corrected chi connectivity index (χ1v) is 5.53. The van der Waals surface area contributed by atoms with Crippen LogP contribution in [0.3, 0.4) is 0 Å². The molecule has 90 valence electrons. The summed E-state index contributed by atoms with van der Waals surface area (Å²) in [6, 6.07) is 6.29. The van der Waals surface area contributed by atoms with Crippen LogP contribution in [-0.4, -0.2) is 29.0 Å². The van der Waals surface area contributed by atoms with Crippen molar-refractivity contribution >= 4 is 0 Å². The molecule has 1 aromatic rings. The third-order valence-electron chi connectivity index (χ3n) is 2.91. The molecule has 0 fully saturated rings. The first-order chi connectivity index (χ1) is 7.50. The number of hydrogen-bond acceptors (Lipinski definition) is 3. The largest absolute Gasteiger partial charge is 0.394 e. The summed E-state index contributed by atoms with van der Waals surface area (Å²) in [6.45, 7) is 6.43. The standard InChI is InChI=1S/C13H21NO2/c1-10-4-5-11(2)12(6-10)7-14-13(3,8-15)9-16/h4-6,14-16H,7-9H2,1-3H3. The molecule has 0 radical (unpaired) electrons. The lowest BCUT2D eigenvalue weighted by Gasteiger charge is -2.26. The quantitative estimate of drug-likeness (QED) is 0.701. The van der Waals surface area contributed by atoms with Crippen LogP contribution >= 0.6 is 0 Å². The molecule has 0 saturated heterocycles. The van der Waals surface area contributed by atoms with Crippen LogP contribution in [0.15, 0.2) is 18.2 Å². The highest BCUT2D eigenvalue weighted by Crippen LogP contribution is 2.12. The number of nitrogens with one attached hydrogen (secondary N) is 1. The molecule has 3 heteroatoms. The molecule has 1 aromatic carbocycles. The number of rotatable bonds is 5. The molecule has 0 aliphatic carbocycles. The van der Waals surface area contributed by atoms with E-state index in [1.165, 1.54) is 16.7 Å². The van der Waals surface area contributed by atoms with Crippen molar-refractivity contribution in [1.82, 2.24) is 5.32 Å². The van der Waals surface area contributed by atoms with Gasteiger partial charge in [0, 0.05) is 6.54 Å². The normalized spacial score (nSPS) is 11.8. The van der Waals surface area contributed by atoms with Crippen molar-refractivity contribution in [2.45, 2.75) is 32.9 Å². The molecule has 1 rings (SSSR count). The summed E-state index contributed by atoms with van der Waals surface area (Å²) in [5.41, 5.74) is 3.03. The predicted molar refractivity (Wildman–Crippen MR) is 65.3 cm³/mol. The highest BCUT2D eigenvalue weighted by Gasteiger charge is 2.21. The van der Waals surface area contributed by atoms with Gasteiger partial charge in [-0.2, -0.15) is 0 Å². The minimum absolute atomic E-state index is 0.0750. The summed E-state index contributed by atoms with van der Waals surface area (Å²) in [6.07, 6.45) is 0. The van der Waals surface area contributed by atoms with E-state index in [-0.39, 0.29) is 13.2 Å². The zero-order valence-corrected chi connectivity index (χ0v) is 10.2. The summed E-state index contributed by atoms with van der Waals surface area (Å²) < 4.78 is 0. The first kappa shape index (κ1) is 13.2. The zero-order chi connectivity index (χ0) is 12.2. The van der Waals surface area contributed by atoms with Crippen LogP contribution in [0, 0.1) is 13.8 Å². The number of aliphatic hydroxyl groups excluding tert-OH is 2. The summed E-state index contributed by atoms with van der Waals surface area (Å²) in [5.74, 6) is 0. The molecule has 16 heavy (non-hydrogen) atoms. The summed E-state index contributed by atoms with van der Waals surface area (Å²) >= 11 is 0. The van der Waals surface area contributed by atoms with Crippen LogP contribution in [0.4, 0.5) is 0 Å². The van der Waals surface area contributed by atoms with Gasteiger partial charge in [0.05, 0.1) is 18.8 Å². The Morgan fingerprint density at radius 3 is 2.38 bits per heavy atom. The molecule has 0 unspecified atom stereocenters. The number of aliphatic hydroxyl groups is 2. The lowest BCUT2D eigenvalue weighted by atomic mass is 10.0. The average Bonchev–Trinajstić information content (AvgIpc) is 2.30. The summed E-state index contributed by atoms with van der Waals surface area (Å²) in [4.78, 5) is 0. The fourth-order valence-corrected chi connectivity index (χ4v) is 1.46. The Morgan fingerprint density at radius 1 is 1.19 bits per heavy atom. The maximum Gasteiger partial charge on any atom is 0.0633 e. The molecule has 0 aliphatic heterocycles. The highest BCUT2D eigenvalue weighted by atomic mass is 16.3. The van der Waals surface area contributed by atoms with E-state index in [1.54, 1.807) is 6.92 Å². The lowest BCUT2D eigenvalue weighted by molar-refractivity contribution is 0.103. The van der Waals surface area contributed by atoms with E-state index in [2.05, 4.69) is 37.4 Å². The molecular formula is C13H21NO2. The molecule has 0 saturated carbocycles. The Morgan fingerprint density at radius 2 is 1.81 bits per heavy atom. The Kier molecular flexibility index (Phi) is 4.47. The third-order valence-corrected chi connectivity index (χ3v) is 2.91. The zero-order valence-electron chi connectivity index (χ0n) is 10.2. The first-order valence-electron chi connectivity index (χ1n) is 5.53. The van der Waals surface area contributed by atoms with E-state index in [9.17, 15) is 0 Å². The van der Waals surface area contributed by atoms with Crippen molar-refractivity contribution in [2.24, 2.45) is 0 Å². The van der Waals surface area contributed by atoms with Gasteiger partial charge in [-0.25, -0.2) is 0 Å². The van der Waals surface area contributed by atoms with Crippen LogP contribution in [0.5, 0.6) is 0 Å². The number of hydrogen-bond donors (Lipinski definition) is 3. The smallest absolute Gasteiger partial charge is 0.0633 e. The highest BCUT2D eigenvalue weighted by molar-refractivity contribution is 5.30. The fourth-order valence-electron chi connectivity index (χ4n) is 1.46. The summed E-state index contributed by atoms with van der Waals surface area (Å²) in [5, 5.41) is 21.5. The van der Waals surface area contributed by atoms with E-state index in [4.69, 9.17) is 10.2 Å². The van der Waals surface area contributed by atoms with E-state index < -0.39 is 5.54 Å². The van der Waals surface area contributed by atoms with Gasteiger partial charge in [0.1, 0.15) is 0 Å². The number of aryl methyl sites for hydroxylation is 2. The molecule has 3 N–H and O–H groups in total. The van der Waals surface area contributed by atoms with Crippen LogP contribution in [0.2, 0.25) is 0 Å². The second-order valence-corrected chi connectivity index (χ2v) is 4.66. The molecule has 0 amide bonds. The van der Waals surface area contributed by atoms with Gasteiger partial charge in [-0.1, -0.05) is 23.8 Å². The van der Waals surface area contributed by atoms with Gasteiger partial charge in [0.25, 0.3) is 0 Å². The van der Waals surface area contributed by atoms with E-state index in [0.717, 1.165) is 0 Å². The van der Waals surface area contributed by atoms with Gasteiger partial charge in [-0.05, 0) is 31.9 Å². The molecule has 0 atom stereocenters. The third kappa shape index (κ3) is 3.30. The Labute approximate surface area is 97.1 Å². The van der Waals surface area contributed by atoms with Gasteiger partial charge < -0.3 is 15.5 Å². The summed E-state index contributed by atoms with van der Waals surface area (Å²) in [7, 11) is 0. The second kappa shape index (κ2) is 5.43. The minimum atomic E-state index is -0.615. The Bertz CT molecular complexity index is 346. The van der Waals surface area contributed by atoms with Gasteiger partial charge >= 0.3 is 0 Å². The van der Waals surface area contributed by atoms with E-state index >= 15 is 0 Å². The van der Waals surface area contributed by atoms with Gasteiger partial charge in [0.15, 0.2) is 0 Å². The Balaban J connectivity index is 2.70. The maximum absolute atomic E-state index is 9.16. The van der Waals surface area contributed by atoms with Crippen LogP contribution in [0.25, 0.3) is 0 Å². The molecule has 0 spiro atoms. The monoisotopic (exact) mass is 223 g/mol. The topological polar surface area (TPSA) is 52.5 Å². The molecule has 0 heterocycles. The molecular weight excluding hydrogens is 202 g/mol. The van der Waals surface area contributed by atoms with E-state index in [1.807, 2.05) is 0 Å². The van der Waals surface area contributed by atoms with Crippen LogP contribution in [-0.2, 0) is 6.54 Å². The fraction of sp³-hybridized carbons (Fsp3) is 0.538. The van der Waals surface area contributed by atoms with Crippen LogP contribution in [0.1, 0.15) is 23.6 Å². The predicted octanol–water partition coefficient (Wildman–Crippen LogP) is 1.14. The van der Waals surface area contributed by atoms with Gasteiger partial charge in [0.2, 0.25) is 0 Å². The van der Waals surface area contributed by atoms with Gasteiger partial charge in [-0.15, -0.1) is 0 Å². The van der Waals surface area contributed by atoms with Crippen molar-refractivity contribution in [2.75, 3.05) is 13.2 Å². The van der Waals surface area contributed by atoms with E-state index in [0.29, 0.717) is 6.54 Å². The van der Waals surface area contributed by atoms with Crippen molar-refractivity contribution in [3.8, 4) is 0 Å². The average molecular weight is 223 g/mol. The van der Waals surface area contributed by atoms with Crippen molar-refractivity contribution in [1.29, 1.82) is 0 Å². The molecule has 3 nitrogen and oxygen atoms in total. The van der Waals surface area contributed by atoms with Crippen LogP contribution < -0.4 is 5.32 Å². The van der Waals surface area contributed by atoms with Crippen molar-refractivity contribution in [3.63, 3.8) is 0 Å². The molecule has 0 aromatic heterocycles. The molecule has 0 bridgehead atoms. The minimum Gasteiger partial charge on any atom is -0.394 e. The number of benzene rings is 1. The van der Waals surface area contributed by atoms with Crippen molar-refractivity contribution < 1.29 is 10.2 Å². The maximum atomic E-state index is 9.16. The molecule has 0 aliphatic rings. The lowest BCUT2D eigenvalue weighted by Crippen LogP contribution is -2.48. The van der Waals surface area contributed by atoms with Crippen molar-refractivity contribution in [3.05, 3.63) is 34.9 Å². The second-order valence-electron chi connectivity index (χ2n) is 4.66. The SMILES string of the molecule is Cc1ccc(C)c(CNC(C)(CO)CO)c1.